The third-order valence-corrected chi connectivity index (χ3v) is 5.10. The van der Waals surface area contributed by atoms with Gasteiger partial charge in [0.15, 0.2) is 5.25 Å². The first kappa shape index (κ1) is 29.1. The van der Waals surface area contributed by atoms with Gasteiger partial charge in [-0.25, -0.2) is 0 Å². The van der Waals surface area contributed by atoms with E-state index in [2.05, 4.69) is 11.7 Å². The predicted octanol–water partition coefficient (Wildman–Crippen LogP) is 0.664. The molecule has 0 radical (unpaired) electrons. The normalized spacial score (nSPS) is 12.1. The summed E-state index contributed by atoms with van der Waals surface area (Å²) in [6.07, 6.45) is 10.8. The number of unbranched alkanes of at least 4 members (excludes halogenated alkanes) is 9. The minimum atomic E-state index is -4.71. The molecule has 0 spiro atoms. The molecule has 0 saturated carbocycles. The molecule has 7 nitrogen and oxygen atoms in total. The van der Waals surface area contributed by atoms with Crippen LogP contribution in [0.2, 0.25) is 0 Å². The Morgan fingerprint density at radius 3 is 1.78 bits per heavy atom. The first-order valence-corrected chi connectivity index (χ1v) is 11.1. The van der Waals surface area contributed by atoms with Crippen molar-refractivity contribution in [2.75, 3.05) is 13.2 Å². The Bertz CT molecular complexity index is 494. The van der Waals surface area contributed by atoms with Crippen LogP contribution >= 0.6 is 0 Å². The maximum absolute atomic E-state index is 11.7. The molecule has 0 aliphatic heterocycles. The number of hydrogen-bond donors (Lipinski definition) is 1. The summed E-state index contributed by atoms with van der Waals surface area (Å²) in [6.45, 7) is 3.84. The Labute approximate surface area is 186 Å². The molecule has 0 aromatic heterocycles. The Kier molecular flexibility index (Phi) is 19.3. The van der Waals surface area contributed by atoms with E-state index < -0.39 is 33.7 Å². The molecule has 0 heterocycles. The van der Waals surface area contributed by atoms with Crippen LogP contribution in [0.15, 0.2) is 0 Å². The van der Waals surface area contributed by atoms with Gasteiger partial charge in [-0.15, -0.1) is 0 Å². The molecule has 0 aliphatic carbocycles. The monoisotopic (exact) mass is 417 g/mol. The van der Waals surface area contributed by atoms with Gasteiger partial charge in [0.1, 0.15) is 0 Å². The van der Waals surface area contributed by atoms with Gasteiger partial charge in [0.05, 0.1) is 19.6 Å². The number of rotatable bonds is 16. The molecule has 0 amide bonds. The van der Waals surface area contributed by atoms with E-state index in [9.17, 15) is 18.0 Å². The van der Waals surface area contributed by atoms with Crippen LogP contribution in [0.4, 0.5) is 0 Å². The fraction of sp³-hybridized carbons (Fsp3) is 0.889. The van der Waals surface area contributed by atoms with Crippen molar-refractivity contribution in [2.45, 2.75) is 89.7 Å². The summed E-state index contributed by atoms with van der Waals surface area (Å²) in [4.78, 5) is 23.2. The average Bonchev–Trinajstić information content (AvgIpc) is 2.56. The minimum Gasteiger partial charge on any atom is -0.466 e. The molecular weight excluding hydrogens is 383 g/mol. The summed E-state index contributed by atoms with van der Waals surface area (Å²) >= 11 is 0. The second-order valence-electron chi connectivity index (χ2n) is 6.36. The molecule has 0 fully saturated rings. The molecule has 0 saturated heterocycles. The quantitative estimate of drug-likeness (QED) is 0.170. The van der Waals surface area contributed by atoms with E-state index in [1.54, 1.807) is 0 Å². The molecule has 1 atom stereocenters. The molecule has 0 aliphatic rings. The largest absolute Gasteiger partial charge is 1.00 e. The molecule has 27 heavy (non-hydrogen) atoms. The van der Waals surface area contributed by atoms with Crippen LogP contribution in [0.1, 0.15) is 84.5 Å². The van der Waals surface area contributed by atoms with Gasteiger partial charge < -0.3 is 9.47 Å². The van der Waals surface area contributed by atoms with E-state index in [1.165, 1.54) is 45.4 Å². The topological polar surface area (TPSA) is 107 Å². The van der Waals surface area contributed by atoms with Gasteiger partial charge in [0.25, 0.3) is 10.1 Å². The smallest absolute Gasteiger partial charge is 0.466 e. The third kappa shape index (κ3) is 16.5. The number of carbonyl (C=O) groups excluding carboxylic acids is 2. The Balaban J connectivity index is 0. The summed E-state index contributed by atoms with van der Waals surface area (Å²) in [6, 6.07) is 0. The van der Waals surface area contributed by atoms with Gasteiger partial charge in [-0.2, -0.15) is 8.42 Å². The van der Waals surface area contributed by atoms with Crippen molar-refractivity contribution >= 4 is 22.1 Å². The zero-order valence-corrected chi connectivity index (χ0v) is 19.9. The first-order valence-electron chi connectivity index (χ1n) is 9.61. The maximum Gasteiger partial charge on any atom is 1.00 e. The van der Waals surface area contributed by atoms with Crippen LogP contribution < -0.4 is 29.6 Å². The number of ether oxygens (including phenoxy) is 2. The third-order valence-electron chi connectivity index (χ3n) is 4.02. The molecule has 9 heteroatoms. The molecule has 0 bridgehead atoms. The van der Waals surface area contributed by atoms with Gasteiger partial charge in [-0.05, 0) is 13.3 Å². The van der Waals surface area contributed by atoms with E-state index in [0.717, 1.165) is 19.3 Å². The van der Waals surface area contributed by atoms with Gasteiger partial charge in [-0.3, -0.25) is 14.1 Å². The van der Waals surface area contributed by atoms with Gasteiger partial charge in [0, 0.05) is 0 Å². The van der Waals surface area contributed by atoms with E-state index in [1.807, 2.05) is 0 Å². The van der Waals surface area contributed by atoms with Crippen molar-refractivity contribution in [3.05, 3.63) is 0 Å². The number of hydrogen-bond acceptors (Lipinski definition) is 6. The minimum absolute atomic E-state index is 0. The van der Waals surface area contributed by atoms with Crippen molar-refractivity contribution in [3.8, 4) is 0 Å². The molecule has 1 N–H and O–H groups in total. The second-order valence-corrected chi connectivity index (χ2v) is 7.96. The molecule has 0 aromatic rings. The van der Waals surface area contributed by atoms with Crippen LogP contribution in [0.25, 0.3) is 0 Å². The van der Waals surface area contributed by atoms with E-state index in [4.69, 9.17) is 9.29 Å². The molecule has 1 unspecified atom stereocenters. The van der Waals surface area contributed by atoms with E-state index >= 15 is 0 Å². The van der Waals surface area contributed by atoms with E-state index in [-0.39, 0.29) is 42.8 Å². The van der Waals surface area contributed by atoms with Crippen molar-refractivity contribution < 1.29 is 61.6 Å². The van der Waals surface area contributed by atoms with Crippen molar-refractivity contribution in [3.63, 3.8) is 0 Å². The second kappa shape index (κ2) is 17.9. The van der Waals surface area contributed by atoms with Crippen LogP contribution in [0.5, 0.6) is 0 Å². The predicted molar refractivity (Wildman–Crippen MR) is 99.4 cm³/mol. The summed E-state index contributed by atoms with van der Waals surface area (Å²) < 4.78 is 40.9. The Morgan fingerprint density at radius 1 is 0.852 bits per heavy atom. The molecule has 154 valence electrons. The molecular formula is C18H34NaO7S+. The van der Waals surface area contributed by atoms with Gasteiger partial charge in [0.2, 0.25) is 0 Å². The summed E-state index contributed by atoms with van der Waals surface area (Å²) in [7, 11) is -4.71. The van der Waals surface area contributed by atoms with Crippen LogP contribution in [0.3, 0.4) is 0 Å². The van der Waals surface area contributed by atoms with Crippen molar-refractivity contribution in [2.24, 2.45) is 0 Å². The summed E-state index contributed by atoms with van der Waals surface area (Å²) in [5, 5.41) is -1.93. The van der Waals surface area contributed by atoms with Crippen LogP contribution in [-0.2, 0) is 29.2 Å². The fourth-order valence-electron chi connectivity index (χ4n) is 2.53. The molecule has 0 rings (SSSR count). The Hall–Kier alpha value is -0.150. The van der Waals surface area contributed by atoms with Crippen LogP contribution in [-0.4, -0.2) is 43.4 Å². The standard InChI is InChI=1S/C18H34O7S.Na/c1-3-5-6-7-8-9-10-11-12-13-14-25-17(19)15-16(26(21,22)23)18(20)24-4-2;/h16H,3-15H2,1-2H3,(H,21,22,23);/q;+1. The fourth-order valence-corrected chi connectivity index (χ4v) is 3.19. The van der Waals surface area contributed by atoms with E-state index in [0.29, 0.717) is 6.42 Å². The average molecular weight is 418 g/mol. The number of carbonyl (C=O) groups is 2. The van der Waals surface area contributed by atoms with Gasteiger partial charge in [-0.1, -0.05) is 64.7 Å². The summed E-state index contributed by atoms with van der Waals surface area (Å²) in [5.74, 6) is -1.98. The number of esters is 2. The summed E-state index contributed by atoms with van der Waals surface area (Å²) in [5.41, 5.74) is 0. The maximum atomic E-state index is 11.7. The zero-order valence-electron chi connectivity index (χ0n) is 17.1. The van der Waals surface area contributed by atoms with Crippen molar-refractivity contribution in [1.29, 1.82) is 0 Å². The van der Waals surface area contributed by atoms with Crippen molar-refractivity contribution in [1.82, 2.24) is 0 Å². The Morgan fingerprint density at radius 2 is 1.33 bits per heavy atom. The zero-order chi connectivity index (χ0) is 19.8. The molecule has 0 aromatic carbocycles. The van der Waals surface area contributed by atoms with Gasteiger partial charge >= 0.3 is 41.5 Å². The first-order chi connectivity index (χ1) is 12.3. The van der Waals surface area contributed by atoms with Crippen LogP contribution in [0, 0.1) is 0 Å². The SMILES string of the molecule is CCCCCCCCCCCCOC(=O)CC(C(=O)OCC)S(=O)(=O)O.[Na+].